The largest absolute Gasteiger partial charge is 0.393 e. The standard InChI is InChI=1S/C15H19FN2OS/c16-13-5-1-11(2-6-13)7-9-18(10-8-14(17)20)15(19)12-3-4-12/h1-2,5-6,12H,3-4,7-10H2,(H2,17,20). The molecule has 0 heterocycles. The van der Waals surface area contributed by atoms with E-state index in [-0.39, 0.29) is 17.6 Å². The normalized spacial score (nSPS) is 14.1. The Morgan fingerprint density at radius 3 is 2.50 bits per heavy atom. The van der Waals surface area contributed by atoms with Crippen LogP contribution in [0.5, 0.6) is 0 Å². The number of benzene rings is 1. The molecule has 0 aliphatic heterocycles. The lowest BCUT2D eigenvalue weighted by atomic mass is 10.1. The van der Waals surface area contributed by atoms with E-state index in [0.29, 0.717) is 24.5 Å². The molecule has 1 aliphatic rings. The lowest BCUT2D eigenvalue weighted by molar-refractivity contribution is -0.132. The Bertz CT molecular complexity index is 485. The third-order valence-corrected chi connectivity index (χ3v) is 3.65. The molecule has 1 fully saturated rings. The first kappa shape index (κ1) is 14.9. The van der Waals surface area contributed by atoms with E-state index in [0.717, 1.165) is 24.8 Å². The molecular formula is C15H19FN2OS. The van der Waals surface area contributed by atoms with Gasteiger partial charge in [0.2, 0.25) is 5.91 Å². The lowest BCUT2D eigenvalue weighted by Gasteiger charge is -2.22. The van der Waals surface area contributed by atoms with E-state index in [1.54, 1.807) is 12.1 Å². The number of hydrogen-bond donors (Lipinski definition) is 1. The first-order chi connectivity index (χ1) is 9.56. The van der Waals surface area contributed by atoms with Gasteiger partial charge in [0.15, 0.2) is 0 Å². The van der Waals surface area contributed by atoms with Crippen molar-refractivity contribution in [1.29, 1.82) is 0 Å². The Balaban J connectivity index is 1.90. The minimum absolute atomic E-state index is 0.189. The minimum Gasteiger partial charge on any atom is -0.393 e. The highest BCUT2D eigenvalue weighted by Crippen LogP contribution is 2.31. The predicted octanol–water partition coefficient (Wildman–Crippen LogP) is 2.28. The van der Waals surface area contributed by atoms with Crippen LogP contribution in [0, 0.1) is 11.7 Å². The molecule has 0 unspecified atom stereocenters. The van der Waals surface area contributed by atoms with Gasteiger partial charge in [-0.2, -0.15) is 0 Å². The molecule has 0 radical (unpaired) electrons. The van der Waals surface area contributed by atoms with Crippen LogP contribution >= 0.6 is 12.2 Å². The summed E-state index contributed by atoms with van der Waals surface area (Å²) in [5.74, 6) is 0.145. The molecule has 5 heteroatoms. The van der Waals surface area contributed by atoms with Crippen molar-refractivity contribution in [2.45, 2.75) is 25.7 Å². The van der Waals surface area contributed by atoms with Crippen LogP contribution in [0.15, 0.2) is 24.3 Å². The molecule has 1 saturated carbocycles. The zero-order chi connectivity index (χ0) is 14.5. The second-order valence-electron chi connectivity index (χ2n) is 5.19. The van der Waals surface area contributed by atoms with Gasteiger partial charge in [-0.3, -0.25) is 4.79 Å². The molecule has 0 aromatic heterocycles. The van der Waals surface area contributed by atoms with Crippen molar-refractivity contribution in [3.63, 3.8) is 0 Å². The van der Waals surface area contributed by atoms with Crippen LogP contribution in [-0.4, -0.2) is 28.9 Å². The van der Waals surface area contributed by atoms with Crippen LogP contribution in [0.25, 0.3) is 0 Å². The molecule has 0 spiro atoms. The molecule has 1 aliphatic carbocycles. The van der Waals surface area contributed by atoms with Gasteiger partial charge in [0.05, 0.1) is 4.99 Å². The van der Waals surface area contributed by atoms with Crippen LogP contribution in [0.2, 0.25) is 0 Å². The van der Waals surface area contributed by atoms with E-state index in [1.165, 1.54) is 12.1 Å². The Morgan fingerprint density at radius 2 is 1.95 bits per heavy atom. The fraction of sp³-hybridized carbons (Fsp3) is 0.467. The summed E-state index contributed by atoms with van der Waals surface area (Å²) in [4.78, 5) is 14.4. The van der Waals surface area contributed by atoms with Gasteiger partial charge in [-0.15, -0.1) is 0 Å². The van der Waals surface area contributed by atoms with E-state index in [2.05, 4.69) is 0 Å². The summed E-state index contributed by atoms with van der Waals surface area (Å²) in [6.07, 6.45) is 3.24. The zero-order valence-corrected chi connectivity index (χ0v) is 12.2. The highest BCUT2D eigenvalue weighted by molar-refractivity contribution is 7.80. The van der Waals surface area contributed by atoms with E-state index in [4.69, 9.17) is 18.0 Å². The zero-order valence-electron chi connectivity index (χ0n) is 11.3. The molecule has 1 aromatic carbocycles. The number of carbonyl (C=O) groups is 1. The number of amides is 1. The maximum atomic E-state index is 12.8. The Kier molecular flexibility index (Phi) is 5.06. The van der Waals surface area contributed by atoms with E-state index < -0.39 is 0 Å². The molecule has 1 amide bonds. The molecule has 0 atom stereocenters. The number of nitrogens with zero attached hydrogens (tertiary/aromatic N) is 1. The van der Waals surface area contributed by atoms with Crippen molar-refractivity contribution >= 4 is 23.1 Å². The van der Waals surface area contributed by atoms with E-state index >= 15 is 0 Å². The van der Waals surface area contributed by atoms with Gasteiger partial charge in [0.25, 0.3) is 0 Å². The summed E-state index contributed by atoms with van der Waals surface area (Å²) in [6, 6.07) is 6.39. The van der Waals surface area contributed by atoms with Crippen molar-refractivity contribution in [3.05, 3.63) is 35.6 Å². The molecule has 0 bridgehead atoms. The Morgan fingerprint density at radius 1 is 1.30 bits per heavy atom. The van der Waals surface area contributed by atoms with Crippen LogP contribution in [-0.2, 0) is 11.2 Å². The number of carbonyl (C=O) groups excluding carboxylic acids is 1. The van der Waals surface area contributed by atoms with Crippen molar-refractivity contribution in [2.75, 3.05) is 13.1 Å². The summed E-state index contributed by atoms with van der Waals surface area (Å²) in [5.41, 5.74) is 6.53. The quantitative estimate of drug-likeness (QED) is 0.785. The molecule has 2 rings (SSSR count). The highest BCUT2D eigenvalue weighted by atomic mass is 32.1. The van der Waals surface area contributed by atoms with E-state index in [1.807, 2.05) is 4.90 Å². The first-order valence-corrected chi connectivity index (χ1v) is 7.28. The smallest absolute Gasteiger partial charge is 0.225 e. The van der Waals surface area contributed by atoms with Gasteiger partial charge in [0, 0.05) is 25.4 Å². The summed E-state index contributed by atoms with van der Waals surface area (Å²) in [6.45, 7) is 1.20. The number of rotatable bonds is 7. The number of thiocarbonyl (C=S) groups is 1. The van der Waals surface area contributed by atoms with Crippen molar-refractivity contribution in [1.82, 2.24) is 4.90 Å². The number of hydrogen-bond acceptors (Lipinski definition) is 2. The summed E-state index contributed by atoms with van der Waals surface area (Å²) in [5, 5.41) is 0. The van der Waals surface area contributed by atoms with Crippen LogP contribution in [0.1, 0.15) is 24.8 Å². The van der Waals surface area contributed by atoms with Crippen molar-refractivity contribution in [2.24, 2.45) is 11.7 Å². The second-order valence-corrected chi connectivity index (χ2v) is 5.72. The maximum Gasteiger partial charge on any atom is 0.225 e. The highest BCUT2D eigenvalue weighted by Gasteiger charge is 2.33. The molecule has 0 saturated heterocycles. The third-order valence-electron chi connectivity index (χ3n) is 3.45. The molecule has 2 N–H and O–H groups in total. The molecule has 3 nitrogen and oxygen atoms in total. The molecular weight excluding hydrogens is 275 g/mol. The van der Waals surface area contributed by atoms with Gasteiger partial charge >= 0.3 is 0 Å². The maximum absolute atomic E-state index is 12.8. The Labute approximate surface area is 123 Å². The Hall–Kier alpha value is -1.49. The average Bonchev–Trinajstić information content (AvgIpc) is 3.24. The van der Waals surface area contributed by atoms with Gasteiger partial charge in [-0.1, -0.05) is 24.4 Å². The summed E-state index contributed by atoms with van der Waals surface area (Å²) >= 11 is 4.87. The SMILES string of the molecule is NC(=S)CCN(CCc1ccc(F)cc1)C(=O)C1CC1. The van der Waals surface area contributed by atoms with Crippen molar-refractivity contribution < 1.29 is 9.18 Å². The summed E-state index contributed by atoms with van der Waals surface area (Å²) in [7, 11) is 0. The van der Waals surface area contributed by atoms with Gasteiger partial charge in [-0.05, 0) is 37.0 Å². The predicted molar refractivity (Wildman–Crippen MR) is 80.8 cm³/mol. The fourth-order valence-corrected chi connectivity index (χ4v) is 2.17. The van der Waals surface area contributed by atoms with Gasteiger partial charge < -0.3 is 10.6 Å². The number of halogens is 1. The second kappa shape index (κ2) is 6.79. The fourth-order valence-electron chi connectivity index (χ4n) is 2.08. The summed E-state index contributed by atoms with van der Waals surface area (Å²) < 4.78 is 12.8. The molecule has 1 aromatic rings. The van der Waals surface area contributed by atoms with Crippen molar-refractivity contribution in [3.8, 4) is 0 Å². The number of nitrogens with two attached hydrogens (primary N) is 1. The topological polar surface area (TPSA) is 46.3 Å². The van der Waals surface area contributed by atoms with E-state index in [9.17, 15) is 9.18 Å². The van der Waals surface area contributed by atoms with Gasteiger partial charge in [-0.25, -0.2) is 4.39 Å². The van der Waals surface area contributed by atoms with Crippen LogP contribution in [0.4, 0.5) is 4.39 Å². The average molecular weight is 294 g/mol. The molecule has 108 valence electrons. The molecule has 20 heavy (non-hydrogen) atoms. The van der Waals surface area contributed by atoms with Crippen LogP contribution < -0.4 is 5.73 Å². The van der Waals surface area contributed by atoms with Gasteiger partial charge in [0.1, 0.15) is 5.82 Å². The third kappa shape index (κ3) is 4.56. The minimum atomic E-state index is -0.242. The first-order valence-electron chi connectivity index (χ1n) is 6.88. The monoisotopic (exact) mass is 294 g/mol. The van der Waals surface area contributed by atoms with Crippen LogP contribution in [0.3, 0.4) is 0 Å². The lowest BCUT2D eigenvalue weighted by Crippen LogP contribution is -2.36.